The SMILES string of the molecule is CCCCOCCN1CCC(CC)CC1CN. The van der Waals surface area contributed by atoms with Crippen LogP contribution in [0.4, 0.5) is 0 Å². The second kappa shape index (κ2) is 8.90. The van der Waals surface area contributed by atoms with Crippen LogP contribution in [0.1, 0.15) is 46.0 Å². The topological polar surface area (TPSA) is 38.5 Å². The predicted octanol–water partition coefficient (Wildman–Crippen LogP) is 2.25. The highest BCUT2D eigenvalue weighted by molar-refractivity contribution is 4.81. The number of nitrogens with two attached hydrogens (primary N) is 1. The normalized spacial score (nSPS) is 26.3. The summed E-state index contributed by atoms with van der Waals surface area (Å²) < 4.78 is 5.64. The molecule has 17 heavy (non-hydrogen) atoms. The van der Waals surface area contributed by atoms with Crippen LogP contribution in [0, 0.1) is 5.92 Å². The summed E-state index contributed by atoms with van der Waals surface area (Å²) in [6.45, 7) is 9.33. The van der Waals surface area contributed by atoms with Crippen molar-refractivity contribution < 1.29 is 4.74 Å². The van der Waals surface area contributed by atoms with E-state index in [1.807, 2.05) is 0 Å². The van der Waals surface area contributed by atoms with Crippen molar-refractivity contribution in [2.75, 3.05) is 32.8 Å². The van der Waals surface area contributed by atoms with Crippen molar-refractivity contribution in [3.8, 4) is 0 Å². The van der Waals surface area contributed by atoms with Gasteiger partial charge in [-0.3, -0.25) is 4.90 Å². The summed E-state index contributed by atoms with van der Waals surface area (Å²) in [6.07, 6.45) is 6.31. The van der Waals surface area contributed by atoms with Crippen molar-refractivity contribution in [2.45, 2.75) is 52.0 Å². The van der Waals surface area contributed by atoms with Gasteiger partial charge in [-0.05, 0) is 31.7 Å². The van der Waals surface area contributed by atoms with Gasteiger partial charge in [0.05, 0.1) is 6.61 Å². The van der Waals surface area contributed by atoms with Crippen molar-refractivity contribution in [1.29, 1.82) is 0 Å². The molecule has 0 aromatic rings. The second-order valence-electron chi connectivity index (χ2n) is 5.19. The van der Waals surface area contributed by atoms with Crippen LogP contribution in [0.2, 0.25) is 0 Å². The highest BCUT2D eigenvalue weighted by Crippen LogP contribution is 2.24. The lowest BCUT2D eigenvalue weighted by molar-refractivity contribution is 0.0587. The summed E-state index contributed by atoms with van der Waals surface area (Å²) in [5.74, 6) is 0.890. The zero-order valence-electron chi connectivity index (χ0n) is 11.7. The van der Waals surface area contributed by atoms with E-state index in [-0.39, 0.29) is 0 Å². The van der Waals surface area contributed by atoms with Crippen LogP contribution in [0.5, 0.6) is 0 Å². The first-order valence-corrected chi connectivity index (χ1v) is 7.33. The summed E-state index contributed by atoms with van der Waals surface area (Å²) in [6, 6.07) is 0.587. The minimum Gasteiger partial charge on any atom is -0.380 e. The summed E-state index contributed by atoms with van der Waals surface area (Å²) in [4.78, 5) is 2.53. The first-order chi connectivity index (χ1) is 8.31. The van der Waals surface area contributed by atoms with Gasteiger partial charge in [-0.25, -0.2) is 0 Å². The molecule has 0 saturated carbocycles. The summed E-state index contributed by atoms with van der Waals surface area (Å²) in [5.41, 5.74) is 5.88. The van der Waals surface area contributed by atoms with E-state index in [0.717, 1.165) is 32.2 Å². The number of nitrogens with zero attached hydrogens (tertiary/aromatic N) is 1. The molecular formula is C14H30N2O. The molecule has 2 unspecified atom stereocenters. The lowest BCUT2D eigenvalue weighted by Crippen LogP contribution is -2.47. The fourth-order valence-corrected chi connectivity index (χ4v) is 2.62. The van der Waals surface area contributed by atoms with E-state index >= 15 is 0 Å². The van der Waals surface area contributed by atoms with Gasteiger partial charge < -0.3 is 10.5 Å². The summed E-state index contributed by atoms with van der Waals surface area (Å²) in [5, 5.41) is 0. The average Bonchev–Trinajstić information content (AvgIpc) is 2.38. The van der Waals surface area contributed by atoms with Gasteiger partial charge in [0.15, 0.2) is 0 Å². The Morgan fingerprint density at radius 3 is 2.76 bits per heavy atom. The Morgan fingerprint density at radius 1 is 1.29 bits per heavy atom. The summed E-state index contributed by atoms with van der Waals surface area (Å²) in [7, 11) is 0. The van der Waals surface area contributed by atoms with Crippen LogP contribution in [0.3, 0.4) is 0 Å². The first-order valence-electron chi connectivity index (χ1n) is 7.33. The third-order valence-corrected chi connectivity index (χ3v) is 3.96. The van der Waals surface area contributed by atoms with Crippen molar-refractivity contribution in [2.24, 2.45) is 11.7 Å². The monoisotopic (exact) mass is 242 g/mol. The molecule has 1 saturated heterocycles. The number of hydrogen-bond acceptors (Lipinski definition) is 3. The Bertz CT molecular complexity index is 187. The number of piperidine rings is 1. The molecule has 3 nitrogen and oxygen atoms in total. The highest BCUT2D eigenvalue weighted by atomic mass is 16.5. The highest BCUT2D eigenvalue weighted by Gasteiger charge is 2.25. The zero-order valence-corrected chi connectivity index (χ0v) is 11.7. The van der Waals surface area contributed by atoms with Gasteiger partial charge in [-0.15, -0.1) is 0 Å². The Balaban J connectivity index is 2.18. The van der Waals surface area contributed by atoms with Crippen LogP contribution in [-0.4, -0.2) is 43.8 Å². The molecule has 0 radical (unpaired) electrons. The van der Waals surface area contributed by atoms with E-state index in [2.05, 4.69) is 18.7 Å². The second-order valence-corrected chi connectivity index (χ2v) is 5.19. The van der Waals surface area contributed by atoms with Crippen LogP contribution in [0.15, 0.2) is 0 Å². The third-order valence-electron chi connectivity index (χ3n) is 3.96. The number of hydrogen-bond donors (Lipinski definition) is 1. The Hall–Kier alpha value is -0.120. The molecule has 0 aromatic carbocycles. The minimum absolute atomic E-state index is 0.587. The fraction of sp³-hybridized carbons (Fsp3) is 1.00. The van der Waals surface area contributed by atoms with Gasteiger partial charge in [-0.2, -0.15) is 0 Å². The van der Waals surface area contributed by atoms with E-state index < -0.39 is 0 Å². The fourth-order valence-electron chi connectivity index (χ4n) is 2.62. The molecule has 0 bridgehead atoms. The van der Waals surface area contributed by atoms with Crippen LogP contribution >= 0.6 is 0 Å². The van der Waals surface area contributed by atoms with Gasteiger partial charge in [-0.1, -0.05) is 26.7 Å². The Morgan fingerprint density at radius 2 is 2.12 bits per heavy atom. The van der Waals surface area contributed by atoms with E-state index in [9.17, 15) is 0 Å². The lowest BCUT2D eigenvalue weighted by Gasteiger charge is -2.38. The van der Waals surface area contributed by atoms with Crippen LogP contribution in [-0.2, 0) is 4.74 Å². The van der Waals surface area contributed by atoms with Gasteiger partial charge in [0.1, 0.15) is 0 Å². The van der Waals surface area contributed by atoms with Crippen molar-refractivity contribution >= 4 is 0 Å². The Kier molecular flexibility index (Phi) is 7.82. The van der Waals surface area contributed by atoms with Gasteiger partial charge in [0.2, 0.25) is 0 Å². The van der Waals surface area contributed by atoms with Crippen LogP contribution in [0.25, 0.3) is 0 Å². The molecule has 102 valence electrons. The maximum absolute atomic E-state index is 5.88. The molecule has 1 rings (SSSR count). The quantitative estimate of drug-likeness (QED) is 0.664. The molecule has 0 aliphatic carbocycles. The van der Waals surface area contributed by atoms with Crippen molar-refractivity contribution in [1.82, 2.24) is 4.90 Å². The molecule has 0 amide bonds. The molecule has 2 N–H and O–H groups in total. The molecule has 0 aromatic heterocycles. The van der Waals surface area contributed by atoms with Gasteiger partial charge in [0, 0.05) is 25.7 Å². The van der Waals surface area contributed by atoms with E-state index in [1.54, 1.807) is 0 Å². The molecular weight excluding hydrogens is 212 g/mol. The number of unbranched alkanes of at least 4 members (excludes halogenated alkanes) is 1. The molecule has 1 fully saturated rings. The zero-order chi connectivity index (χ0) is 12.5. The standard InChI is InChI=1S/C14H30N2O/c1-3-5-9-17-10-8-16-7-6-13(4-2)11-14(16)12-15/h13-14H,3-12,15H2,1-2H3. The smallest absolute Gasteiger partial charge is 0.0593 e. The number of ether oxygens (including phenoxy) is 1. The first kappa shape index (κ1) is 14.9. The maximum Gasteiger partial charge on any atom is 0.0593 e. The van der Waals surface area contributed by atoms with E-state index in [0.29, 0.717) is 6.04 Å². The molecule has 3 heteroatoms. The summed E-state index contributed by atoms with van der Waals surface area (Å²) >= 11 is 0. The lowest BCUT2D eigenvalue weighted by atomic mass is 9.89. The van der Waals surface area contributed by atoms with Crippen molar-refractivity contribution in [3.63, 3.8) is 0 Å². The number of rotatable bonds is 8. The van der Waals surface area contributed by atoms with E-state index in [4.69, 9.17) is 10.5 Å². The largest absolute Gasteiger partial charge is 0.380 e. The van der Waals surface area contributed by atoms with Crippen molar-refractivity contribution in [3.05, 3.63) is 0 Å². The molecule has 2 atom stereocenters. The average molecular weight is 242 g/mol. The van der Waals surface area contributed by atoms with E-state index in [1.165, 1.54) is 38.6 Å². The third kappa shape index (κ3) is 5.36. The Labute approximate surface area is 107 Å². The molecule has 1 aliphatic heterocycles. The van der Waals surface area contributed by atoms with Gasteiger partial charge in [0.25, 0.3) is 0 Å². The van der Waals surface area contributed by atoms with Gasteiger partial charge >= 0.3 is 0 Å². The van der Waals surface area contributed by atoms with Crippen LogP contribution < -0.4 is 5.73 Å². The predicted molar refractivity (Wildman–Crippen MR) is 73.2 cm³/mol. The maximum atomic E-state index is 5.88. The molecule has 1 heterocycles. The minimum atomic E-state index is 0.587. The number of likely N-dealkylation sites (tertiary alicyclic amines) is 1. The molecule has 1 aliphatic rings. The molecule has 0 spiro atoms.